The number of rotatable bonds is 3. The molecule has 0 unspecified atom stereocenters. The Morgan fingerprint density at radius 2 is 1.41 bits per heavy atom. The molecule has 0 saturated carbocycles. The third kappa shape index (κ3) is 2.35. The van der Waals surface area contributed by atoms with Gasteiger partial charge < -0.3 is 4.74 Å². The van der Waals surface area contributed by atoms with Crippen molar-refractivity contribution in [3.8, 4) is 5.75 Å². The van der Waals surface area contributed by atoms with Gasteiger partial charge in [0.15, 0.2) is 5.75 Å². The molecule has 0 saturated heterocycles. The van der Waals surface area contributed by atoms with Crippen molar-refractivity contribution in [2.24, 2.45) is 0 Å². The molecule has 17 heavy (non-hydrogen) atoms. The van der Waals surface area contributed by atoms with Crippen molar-refractivity contribution in [2.75, 3.05) is 20.4 Å². The molecule has 0 atom stereocenters. The number of hydrogen-bond acceptors (Lipinski definition) is 1. The first kappa shape index (κ1) is 12.1. The van der Waals surface area contributed by atoms with Gasteiger partial charge in [0.25, 0.3) is 0 Å². The van der Waals surface area contributed by atoms with Crippen LogP contribution in [0.3, 0.4) is 0 Å². The molecule has 0 radical (unpaired) electrons. The lowest BCUT2D eigenvalue weighted by molar-refractivity contribution is 0.418. The van der Waals surface area contributed by atoms with Crippen molar-refractivity contribution < 1.29 is 4.74 Å². The SMILES string of the molecule is COc1ccccc1[P+](C)(C)c1ccccc1. The standard InChI is InChI=1S/C15H18OP/c1-16-14-11-7-8-12-15(14)17(2,3)13-9-5-4-6-10-13/h4-12H,1-3H3/q+1. The Bertz CT molecular complexity index is 491. The topological polar surface area (TPSA) is 9.23 Å². The lowest BCUT2D eigenvalue weighted by atomic mass is 10.3. The zero-order valence-corrected chi connectivity index (χ0v) is 11.4. The van der Waals surface area contributed by atoms with E-state index >= 15 is 0 Å². The second-order valence-corrected chi connectivity index (χ2v) is 8.37. The molecule has 0 fully saturated rings. The molecular weight excluding hydrogens is 227 g/mol. The summed E-state index contributed by atoms with van der Waals surface area (Å²) in [5.74, 6) is 0.995. The third-order valence-electron chi connectivity index (χ3n) is 3.09. The van der Waals surface area contributed by atoms with Crippen LogP contribution in [-0.4, -0.2) is 20.4 Å². The van der Waals surface area contributed by atoms with Crippen LogP contribution in [0.4, 0.5) is 0 Å². The molecule has 2 aromatic carbocycles. The molecular formula is C15H18OP+. The highest BCUT2D eigenvalue weighted by atomic mass is 31.2. The molecule has 0 aliphatic carbocycles. The largest absolute Gasteiger partial charge is 0.493 e. The molecule has 2 aromatic rings. The summed E-state index contributed by atoms with van der Waals surface area (Å²) in [5.41, 5.74) is 0. The average Bonchev–Trinajstić information content (AvgIpc) is 2.39. The van der Waals surface area contributed by atoms with Crippen LogP contribution in [0.1, 0.15) is 0 Å². The normalized spacial score (nSPS) is 11.2. The molecule has 0 aromatic heterocycles. The Balaban J connectivity index is 2.51. The molecule has 0 N–H and O–H groups in total. The van der Waals surface area contributed by atoms with Crippen LogP contribution in [0.25, 0.3) is 0 Å². The Morgan fingerprint density at radius 1 is 0.824 bits per heavy atom. The van der Waals surface area contributed by atoms with Crippen molar-refractivity contribution in [1.29, 1.82) is 0 Å². The lowest BCUT2D eigenvalue weighted by Gasteiger charge is -2.19. The van der Waals surface area contributed by atoms with E-state index < -0.39 is 7.26 Å². The fourth-order valence-corrected chi connectivity index (χ4v) is 4.40. The van der Waals surface area contributed by atoms with Gasteiger partial charge in [-0.2, -0.15) is 0 Å². The molecule has 0 aliphatic heterocycles. The van der Waals surface area contributed by atoms with Crippen molar-refractivity contribution in [1.82, 2.24) is 0 Å². The summed E-state index contributed by atoms with van der Waals surface area (Å²) in [4.78, 5) is 0. The number of benzene rings is 2. The number of hydrogen-bond donors (Lipinski definition) is 0. The van der Waals surface area contributed by atoms with Crippen molar-refractivity contribution in [2.45, 2.75) is 0 Å². The first-order valence-corrected chi connectivity index (χ1v) is 8.38. The van der Waals surface area contributed by atoms with Gasteiger partial charge in [-0.15, -0.1) is 0 Å². The Hall–Kier alpha value is -1.33. The van der Waals surface area contributed by atoms with Gasteiger partial charge >= 0.3 is 0 Å². The van der Waals surface area contributed by atoms with Crippen molar-refractivity contribution in [3.05, 3.63) is 54.6 Å². The molecule has 1 nitrogen and oxygen atoms in total. The van der Waals surface area contributed by atoms with Gasteiger partial charge in [0.1, 0.15) is 5.30 Å². The summed E-state index contributed by atoms with van der Waals surface area (Å²) < 4.78 is 5.48. The predicted molar refractivity (Wildman–Crippen MR) is 77.5 cm³/mol. The minimum absolute atomic E-state index is 0.995. The summed E-state index contributed by atoms with van der Waals surface area (Å²) in [6, 6.07) is 19.0. The van der Waals surface area contributed by atoms with E-state index in [1.54, 1.807) is 7.11 Å². The minimum atomic E-state index is -1.33. The van der Waals surface area contributed by atoms with Gasteiger partial charge in [0.05, 0.1) is 33.0 Å². The summed E-state index contributed by atoms with van der Waals surface area (Å²) in [5, 5.41) is 2.73. The first-order valence-electron chi connectivity index (χ1n) is 5.69. The molecule has 0 amide bonds. The molecule has 0 spiro atoms. The van der Waals surface area contributed by atoms with Gasteiger partial charge in [-0.1, -0.05) is 30.3 Å². The van der Waals surface area contributed by atoms with E-state index in [-0.39, 0.29) is 0 Å². The van der Waals surface area contributed by atoms with Gasteiger partial charge in [0.2, 0.25) is 0 Å². The number of methoxy groups -OCH3 is 1. The molecule has 2 heteroatoms. The fraction of sp³-hybridized carbons (Fsp3) is 0.200. The summed E-state index contributed by atoms with van der Waals surface area (Å²) in [6.07, 6.45) is 0. The molecule has 0 heterocycles. The summed E-state index contributed by atoms with van der Waals surface area (Å²) in [6.45, 7) is 4.67. The highest BCUT2D eigenvalue weighted by Crippen LogP contribution is 2.50. The van der Waals surface area contributed by atoms with Crippen molar-refractivity contribution >= 4 is 17.9 Å². The third-order valence-corrected chi connectivity index (χ3v) is 6.25. The Morgan fingerprint density at radius 3 is 2.06 bits per heavy atom. The summed E-state index contributed by atoms with van der Waals surface area (Å²) >= 11 is 0. The maximum Gasteiger partial charge on any atom is 0.161 e. The second-order valence-electron chi connectivity index (χ2n) is 4.46. The van der Waals surface area contributed by atoms with Gasteiger partial charge in [-0.3, -0.25) is 0 Å². The maximum absolute atomic E-state index is 5.48. The van der Waals surface area contributed by atoms with E-state index in [2.05, 4.69) is 55.8 Å². The quantitative estimate of drug-likeness (QED) is 0.755. The fourth-order valence-electron chi connectivity index (χ4n) is 2.03. The van der Waals surface area contributed by atoms with E-state index in [0.29, 0.717) is 0 Å². The highest BCUT2D eigenvalue weighted by molar-refractivity contribution is 7.88. The maximum atomic E-state index is 5.48. The molecule has 0 bridgehead atoms. The van der Waals surface area contributed by atoms with Gasteiger partial charge in [0, 0.05) is 0 Å². The van der Waals surface area contributed by atoms with Crippen LogP contribution < -0.4 is 15.3 Å². The molecule has 88 valence electrons. The first-order chi connectivity index (χ1) is 8.16. The Labute approximate surface area is 104 Å². The van der Waals surface area contributed by atoms with E-state index in [9.17, 15) is 0 Å². The monoisotopic (exact) mass is 245 g/mol. The van der Waals surface area contributed by atoms with E-state index in [1.165, 1.54) is 10.6 Å². The van der Waals surface area contributed by atoms with Crippen LogP contribution in [0.15, 0.2) is 54.6 Å². The smallest absolute Gasteiger partial charge is 0.161 e. The minimum Gasteiger partial charge on any atom is -0.493 e. The highest BCUT2D eigenvalue weighted by Gasteiger charge is 2.34. The van der Waals surface area contributed by atoms with Gasteiger partial charge in [-0.05, 0) is 24.3 Å². The van der Waals surface area contributed by atoms with E-state index in [4.69, 9.17) is 4.74 Å². The van der Waals surface area contributed by atoms with Gasteiger partial charge in [-0.25, -0.2) is 0 Å². The van der Waals surface area contributed by atoms with E-state index in [0.717, 1.165) is 5.75 Å². The van der Waals surface area contributed by atoms with Crippen LogP contribution >= 0.6 is 7.26 Å². The molecule has 2 rings (SSSR count). The second kappa shape index (κ2) is 4.89. The van der Waals surface area contributed by atoms with E-state index in [1.807, 2.05) is 12.1 Å². The van der Waals surface area contributed by atoms with Crippen LogP contribution in [0.2, 0.25) is 0 Å². The summed E-state index contributed by atoms with van der Waals surface area (Å²) in [7, 11) is 0.414. The number of ether oxygens (including phenoxy) is 1. The van der Waals surface area contributed by atoms with Crippen LogP contribution in [-0.2, 0) is 0 Å². The van der Waals surface area contributed by atoms with Crippen LogP contribution in [0, 0.1) is 0 Å². The lowest BCUT2D eigenvalue weighted by Crippen LogP contribution is -2.21. The molecule has 0 aliphatic rings. The Kier molecular flexibility index (Phi) is 3.49. The van der Waals surface area contributed by atoms with Crippen LogP contribution in [0.5, 0.6) is 5.75 Å². The predicted octanol–water partition coefficient (Wildman–Crippen LogP) is 2.92. The number of para-hydroxylation sites is 1. The average molecular weight is 245 g/mol. The zero-order valence-electron chi connectivity index (χ0n) is 10.6. The van der Waals surface area contributed by atoms with Crippen molar-refractivity contribution in [3.63, 3.8) is 0 Å². The zero-order chi connectivity index (χ0) is 12.3.